The minimum atomic E-state index is -0.113. The number of nitrogens with one attached hydrogen (secondary N) is 1. The number of halogens is 1. The number of hydrogen-bond donors (Lipinski definition) is 1. The van der Waals surface area contributed by atoms with E-state index in [1.807, 2.05) is 44.2 Å². The average Bonchev–Trinajstić information content (AvgIpc) is 3.04. The van der Waals surface area contributed by atoms with E-state index in [2.05, 4.69) is 20.8 Å². The van der Waals surface area contributed by atoms with Gasteiger partial charge in [0, 0.05) is 10.7 Å². The van der Waals surface area contributed by atoms with Gasteiger partial charge < -0.3 is 5.32 Å². The molecule has 0 aliphatic heterocycles. The van der Waals surface area contributed by atoms with Crippen LogP contribution in [-0.4, -0.2) is 31.9 Å². The molecule has 0 fully saturated rings. The van der Waals surface area contributed by atoms with Crippen LogP contribution in [0.25, 0.3) is 5.69 Å². The Bertz CT molecular complexity index is 912. The Balaban J connectivity index is 1.66. The van der Waals surface area contributed by atoms with Crippen molar-refractivity contribution in [2.75, 3.05) is 11.1 Å². The number of anilines is 1. The Labute approximate surface area is 154 Å². The molecule has 1 amide bonds. The molecule has 3 rings (SSSR count). The molecule has 0 saturated carbocycles. The largest absolute Gasteiger partial charge is 0.325 e. The lowest BCUT2D eigenvalue weighted by molar-refractivity contribution is -0.113. The highest BCUT2D eigenvalue weighted by atomic mass is 35.5. The van der Waals surface area contributed by atoms with Gasteiger partial charge in [-0.25, -0.2) is 0 Å². The summed E-state index contributed by atoms with van der Waals surface area (Å²) in [5.41, 5.74) is 3.74. The summed E-state index contributed by atoms with van der Waals surface area (Å²) in [5, 5.41) is 15.6. The number of aryl methyl sites for hydroxylation is 2. The van der Waals surface area contributed by atoms with E-state index in [9.17, 15) is 4.79 Å². The molecule has 0 saturated heterocycles. The molecule has 3 aromatic rings. The second kappa shape index (κ2) is 7.67. The lowest BCUT2D eigenvalue weighted by Crippen LogP contribution is -2.15. The Morgan fingerprint density at radius 1 is 1.24 bits per heavy atom. The van der Waals surface area contributed by atoms with E-state index in [1.54, 1.807) is 16.8 Å². The topological polar surface area (TPSA) is 72.7 Å². The molecule has 0 aliphatic rings. The zero-order valence-electron chi connectivity index (χ0n) is 13.7. The maximum absolute atomic E-state index is 12.2. The fourth-order valence-corrected chi connectivity index (χ4v) is 3.18. The highest BCUT2D eigenvalue weighted by Gasteiger charge is 2.12. The average molecular weight is 374 g/mol. The van der Waals surface area contributed by atoms with Crippen LogP contribution in [-0.2, 0) is 4.79 Å². The molecule has 0 spiro atoms. The second-order valence-corrected chi connectivity index (χ2v) is 6.89. The third-order valence-electron chi connectivity index (χ3n) is 3.48. The van der Waals surface area contributed by atoms with Crippen LogP contribution in [0, 0.1) is 13.8 Å². The molecular formula is C17H16ClN5OS. The summed E-state index contributed by atoms with van der Waals surface area (Å²) in [6, 6.07) is 13.1. The molecule has 0 radical (unpaired) electrons. The molecular weight excluding hydrogens is 358 g/mol. The summed E-state index contributed by atoms with van der Waals surface area (Å²) in [4.78, 5) is 12.2. The first-order valence-electron chi connectivity index (χ1n) is 7.57. The molecule has 1 N–H and O–H groups in total. The van der Waals surface area contributed by atoms with E-state index in [-0.39, 0.29) is 11.7 Å². The van der Waals surface area contributed by atoms with Crippen molar-refractivity contribution in [1.29, 1.82) is 0 Å². The molecule has 0 unspecified atom stereocenters. The molecule has 1 aromatic heterocycles. The van der Waals surface area contributed by atoms with Crippen LogP contribution in [0.15, 0.2) is 47.6 Å². The number of aromatic nitrogens is 4. The fraction of sp³-hybridized carbons (Fsp3) is 0.176. The van der Waals surface area contributed by atoms with Crippen molar-refractivity contribution in [3.63, 3.8) is 0 Å². The minimum absolute atomic E-state index is 0.113. The van der Waals surface area contributed by atoms with E-state index in [4.69, 9.17) is 11.6 Å². The van der Waals surface area contributed by atoms with E-state index < -0.39 is 0 Å². The summed E-state index contributed by atoms with van der Waals surface area (Å²) in [6.45, 7) is 3.99. The molecule has 6 nitrogen and oxygen atoms in total. The first-order valence-corrected chi connectivity index (χ1v) is 8.93. The van der Waals surface area contributed by atoms with E-state index in [1.165, 1.54) is 11.8 Å². The van der Waals surface area contributed by atoms with E-state index in [0.29, 0.717) is 10.2 Å². The fourth-order valence-electron chi connectivity index (χ4n) is 2.31. The number of hydrogen-bond acceptors (Lipinski definition) is 5. The van der Waals surface area contributed by atoms with Crippen LogP contribution in [0.4, 0.5) is 5.69 Å². The van der Waals surface area contributed by atoms with Gasteiger partial charge in [0.25, 0.3) is 0 Å². The number of tetrazole rings is 1. The Morgan fingerprint density at radius 2 is 2.08 bits per heavy atom. The molecule has 8 heteroatoms. The van der Waals surface area contributed by atoms with Crippen LogP contribution in [0.1, 0.15) is 11.1 Å². The highest BCUT2D eigenvalue weighted by Crippen LogP contribution is 2.21. The van der Waals surface area contributed by atoms with Crippen molar-refractivity contribution >= 4 is 35.0 Å². The first kappa shape index (κ1) is 17.4. The number of thioether (sulfide) groups is 1. The monoisotopic (exact) mass is 373 g/mol. The molecule has 0 atom stereocenters. The van der Waals surface area contributed by atoms with Crippen molar-refractivity contribution < 1.29 is 4.79 Å². The number of carbonyl (C=O) groups excluding carboxylic acids is 1. The second-order valence-electron chi connectivity index (χ2n) is 5.51. The molecule has 128 valence electrons. The van der Waals surface area contributed by atoms with Crippen LogP contribution >= 0.6 is 23.4 Å². The molecule has 25 heavy (non-hydrogen) atoms. The van der Waals surface area contributed by atoms with Crippen molar-refractivity contribution in [3.8, 4) is 5.69 Å². The van der Waals surface area contributed by atoms with Crippen molar-refractivity contribution in [2.24, 2.45) is 0 Å². The summed E-state index contributed by atoms with van der Waals surface area (Å²) < 4.78 is 1.56. The number of benzene rings is 2. The predicted octanol–water partition coefficient (Wildman–Crippen LogP) is 3.66. The Morgan fingerprint density at radius 3 is 2.84 bits per heavy atom. The van der Waals surface area contributed by atoms with Gasteiger partial charge in [-0.05, 0) is 54.1 Å². The van der Waals surface area contributed by atoms with Crippen LogP contribution in [0.2, 0.25) is 5.02 Å². The van der Waals surface area contributed by atoms with Crippen molar-refractivity contribution in [3.05, 3.63) is 58.6 Å². The first-order chi connectivity index (χ1) is 12.0. The van der Waals surface area contributed by atoms with Crippen molar-refractivity contribution in [2.45, 2.75) is 19.0 Å². The number of rotatable bonds is 5. The summed E-state index contributed by atoms with van der Waals surface area (Å²) in [7, 11) is 0. The summed E-state index contributed by atoms with van der Waals surface area (Å²) >= 11 is 7.27. The Kier molecular flexibility index (Phi) is 5.35. The van der Waals surface area contributed by atoms with E-state index >= 15 is 0 Å². The van der Waals surface area contributed by atoms with E-state index in [0.717, 1.165) is 22.5 Å². The normalized spacial score (nSPS) is 10.7. The molecule has 2 aromatic carbocycles. The number of nitrogens with zero attached hydrogens (tertiary/aromatic N) is 4. The SMILES string of the molecule is Cc1ccc(NC(=O)CSc2nnnn2-c2cccc(Cl)c2)c(C)c1. The minimum Gasteiger partial charge on any atom is -0.325 e. The highest BCUT2D eigenvalue weighted by molar-refractivity contribution is 7.99. The van der Waals surface area contributed by atoms with Gasteiger partial charge in [-0.15, -0.1) is 5.10 Å². The maximum Gasteiger partial charge on any atom is 0.234 e. The molecule has 1 heterocycles. The number of carbonyl (C=O) groups is 1. The van der Waals surface area contributed by atoms with Gasteiger partial charge in [-0.2, -0.15) is 4.68 Å². The van der Waals surface area contributed by atoms with Crippen LogP contribution in [0.5, 0.6) is 0 Å². The number of amides is 1. The third kappa shape index (κ3) is 4.37. The molecule has 0 aliphatic carbocycles. The smallest absolute Gasteiger partial charge is 0.234 e. The Hall–Kier alpha value is -2.38. The van der Waals surface area contributed by atoms with Crippen molar-refractivity contribution in [1.82, 2.24) is 20.2 Å². The van der Waals surface area contributed by atoms with Crippen LogP contribution in [0.3, 0.4) is 0 Å². The maximum atomic E-state index is 12.2. The summed E-state index contributed by atoms with van der Waals surface area (Å²) in [6.07, 6.45) is 0. The van der Waals surface area contributed by atoms with Gasteiger partial charge in [0.1, 0.15) is 0 Å². The van der Waals surface area contributed by atoms with Gasteiger partial charge in [-0.3, -0.25) is 4.79 Å². The van der Waals surface area contributed by atoms with Gasteiger partial charge in [0.2, 0.25) is 11.1 Å². The zero-order chi connectivity index (χ0) is 17.8. The van der Waals surface area contributed by atoms with Gasteiger partial charge in [-0.1, -0.05) is 47.1 Å². The standard InChI is InChI=1S/C17H16ClN5OS/c1-11-6-7-15(12(2)8-11)19-16(24)10-25-17-20-21-22-23(17)14-5-3-4-13(18)9-14/h3-9H,10H2,1-2H3,(H,19,24). The quantitative estimate of drug-likeness (QED) is 0.691. The van der Waals surface area contributed by atoms with Gasteiger partial charge >= 0.3 is 0 Å². The lowest BCUT2D eigenvalue weighted by atomic mass is 10.1. The molecule has 0 bridgehead atoms. The summed E-state index contributed by atoms with van der Waals surface area (Å²) in [5.74, 6) is 0.0893. The van der Waals surface area contributed by atoms with Gasteiger partial charge in [0.15, 0.2) is 0 Å². The lowest BCUT2D eigenvalue weighted by Gasteiger charge is -2.09. The zero-order valence-corrected chi connectivity index (χ0v) is 15.3. The third-order valence-corrected chi connectivity index (χ3v) is 4.64. The van der Waals surface area contributed by atoms with Gasteiger partial charge in [0.05, 0.1) is 11.4 Å². The predicted molar refractivity (Wildman–Crippen MR) is 99.4 cm³/mol. The van der Waals surface area contributed by atoms with Crippen LogP contribution < -0.4 is 5.32 Å².